The molecule has 1 aromatic carbocycles. The Morgan fingerprint density at radius 2 is 2.04 bits per heavy atom. The van der Waals surface area contributed by atoms with Crippen LogP contribution in [-0.2, 0) is 9.53 Å². The van der Waals surface area contributed by atoms with Gasteiger partial charge in [0.2, 0.25) is 0 Å². The van der Waals surface area contributed by atoms with Gasteiger partial charge in [-0.25, -0.2) is 4.39 Å². The molecule has 2 atom stereocenters. The number of benzene rings is 1. The quantitative estimate of drug-likeness (QED) is 0.780. The lowest BCUT2D eigenvalue weighted by Crippen LogP contribution is -2.44. The highest BCUT2D eigenvalue weighted by molar-refractivity contribution is 5.95. The lowest BCUT2D eigenvalue weighted by Gasteiger charge is -2.30. The third-order valence-electron chi connectivity index (χ3n) is 4.46. The molecule has 24 heavy (non-hydrogen) atoms. The Labute approximate surface area is 140 Å². The van der Waals surface area contributed by atoms with Crippen LogP contribution in [0.25, 0.3) is 0 Å². The van der Waals surface area contributed by atoms with Gasteiger partial charge in [0.05, 0.1) is 19.3 Å². The maximum absolute atomic E-state index is 13.4. The SMILES string of the molecule is Cc1ccc(F)cc1C(=O)N1C[C@@H]2COC[C@H](C1)N(C)C2.O=CO. The molecule has 1 N–H and O–H groups in total. The van der Waals surface area contributed by atoms with Gasteiger partial charge in [0.15, 0.2) is 0 Å². The number of hydrogen-bond donors (Lipinski definition) is 1. The van der Waals surface area contributed by atoms with Crippen LogP contribution in [0.2, 0.25) is 0 Å². The van der Waals surface area contributed by atoms with Crippen LogP contribution in [0, 0.1) is 18.7 Å². The van der Waals surface area contributed by atoms with Gasteiger partial charge in [0.1, 0.15) is 5.82 Å². The number of carbonyl (C=O) groups is 2. The molecule has 2 aliphatic heterocycles. The Bertz CT molecular complexity index is 596. The van der Waals surface area contributed by atoms with Gasteiger partial charge in [-0.3, -0.25) is 14.5 Å². The van der Waals surface area contributed by atoms with Gasteiger partial charge in [0, 0.05) is 31.1 Å². The van der Waals surface area contributed by atoms with Crippen molar-refractivity contribution < 1.29 is 23.8 Å². The normalized spacial score (nSPS) is 23.7. The van der Waals surface area contributed by atoms with E-state index in [1.54, 1.807) is 6.07 Å². The number of rotatable bonds is 1. The van der Waals surface area contributed by atoms with Crippen LogP contribution >= 0.6 is 0 Å². The molecule has 0 radical (unpaired) electrons. The Balaban J connectivity index is 0.000000647. The van der Waals surface area contributed by atoms with Crippen LogP contribution in [0.5, 0.6) is 0 Å². The summed E-state index contributed by atoms with van der Waals surface area (Å²) in [7, 11) is 2.08. The largest absolute Gasteiger partial charge is 0.483 e. The first-order chi connectivity index (χ1) is 11.5. The summed E-state index contributed by atoms with van der Waals surface area (Å²) in [5.74, 6) is -0.112. The number of likely N-dealkylation sites (N-methyl/N-ethyl adjacent to an activating group) is 1. The number of carbonyl (C=O) groups excluding carboxylic acids is 1. The molecule has 0 saturated carbocycles. The Kier molecular flexibility index (Phi) is 6.28. The first kappa shape index (κ1) is 18.4. The number of nitrogens with zero attached hydrogens (tertiary/aromatic N) is 2. The predicted octanol–water partition coefficient (Wildman–Crippen LogP) is 1.24. The number of halogens is 1. The molecule has 2 heterocycles. The Morgan fingerprint density at radius 3 is 2.75 bits per heavy atom. The van der Waals surface area contributed by atoms with Crippen LogP contribution in [0.4, 0.5) is 4.39 Å². The number of aryl methyl sites for hydroxylation is 1. The second-order valence-corrected chi connectivity index (χ2v) is 6.27. The molecule has 0 aromatic heterocycles. The maximum atomic E-state index is 13.4. The molecule has 1 aromatic rings. The molecule has 1 amide bonds. The number of carboxylic acid groups (broad SMARTS) is 1. The van der Waals surface area contributed by atoms with E-state index in [2.05, 4.69) is 11.9 Å². The van der Waals surface area contributed by atoms with Crippen molar-refractivity contribution in [1.29, 1.82) is 0 Å². The molecule has 0 unspecified atom stereocenters. The third-order valence-corrected chi connectivity index (χ3v) is 4.46. The molecule has 2 aliphatic rings. The van der Waals surface area contributed by atoms with Gasteiger partial charge < -0.3 is 14.7 Å². The Hall–Kier alpha value is -1.99. The van der Waals surface area contributed by atoms with Crippen molar-refractivity contribution >= 4 is 12.4 Å². The van der Waals surface area contributed by atoms with Crippen molar-refractivity contribution in [2.45, 2.75) is 13.0 Å². The van der Waals surface area contributed by atoms with E-state index in [0.717, 1.165) is 12.1 Å². The molecule has 2 saturated heterocycles. The Morgan fingerprint density at radius 1 is 1.33 bits per heavy atom. The van der Waals surface area contributed by atoms with E-state index in [9.17, 15) is 9.18 Å². The van der Waals surface area contributed by atoms with Gasteiger partial charge >= 0.3 is 0 Å². The highest BCUT2D eigenvalue weighted by Gasteiger charge is 2.33. The van der Waals surface area contributed by atoms with Crippen molar-refractivity contribution in [3.8, 4) is 0 Å². The summed E-state index contributed by atoms with van der Waals surface area (Å²) in [6, 6.07) is 4.62. The summed E-state index contributed by atoms with van der Waals surface area (Å²) in [6.07, 6.45) is 0. The standard InChI is InChI=1S/C16H21FN2O2.CH2O2/c1-11-3-4-13(17)5-15(11)16(20)19-7-12-6-18(2)14(8-19)10-21-9-12;2-1-3/h3-5,12,14H,6-10H2,1-2H3;1H,(H,2,3)/t12-,14+;/m1./s1. The van der Waals surface area contributed by atoms with Gasteiger partial charge in [-0.15, -0.1) is 0 Å². The number of fused-ring (bicyclic) bond motifs is 3. The number of amides is 1. The first-order valence-electron chi connectivity index (χ1n) is 7.87. The van der Waals surface area contributed by atoms with Crippen LogP contribution in [0.15, 0.2) is 18.2 Å². The van der Waals surface area contributed by atoms with E-state index < -0.39 is 0 Å². The number of hydrogen-bond acceptors (Lipinski definition) is 4. The summed E-state index contributed by atoms with van der Waals surface area (Å²) in [5, 5.41) is 6.89. The minimum atomic E-state index is -0.362. The van der Waals surface area contributed by atoms with Gasteiger partial charge in [-0.2, -0.15) is 0 Å². The van der Waals surface area contributed by atoms with Crippen molar-refractivity contribution in [3.63, 3.8) is 0 Å². The predicted molar refractivity (Wildman–Crippen MR) is 86.5 cm³/mol. The fourth-order valence-electron chi connectivity index (χ4n) is 3.21. The average molecular weight is 338 g/mol. The topological polar surface area (TPSA) is 70.1 Å². The molecule has 3 rings (SSSR count). The zero-order valence-electron chi connectivity index (χ0n) is 13.9. The fourth-order valence-corrected chi connectivity index (χ4v) is 3.21. The van der Waals surface area contributed by atoms with Crippen molar-refractivity contribution in [3.05, 3.63) is 35.1 Å². The molecule has 132 valence electrons. The fraction of sp³-hybridized carbons (Fsp3) is 0.529. The molecule has 2 bridgehead atoms. The molecule has 7 heteroatoms. The lowest BCUT2D eigenvalue weighted by atomic mass is 10.1. The molecule has 0 spiro atoms. The molecular weight excluding hydrogens is 315 g/mol. The summed E-state index contributed by atoms with van der Waals surface area (Å²) in [4.78, 5) is 25.3. The summed E-state index contributed by atoms with van der Waals surface area (Å²) < 4.78 is 19.1. The maximum Gasteiger partial charge on any atom is 0.290 e. The summed E-state index contributed by atoms with van der Waals surface area (Å²) >= 11 is 0. The van der Waals surface area contributed by atoms with Gasteiger partial charge in [-0.1, -0.05) is 6.07 Å². The highest BCUT2D eigenvalue weighted by atomic mass is 19.1. The molecule has 2 fully saturated rings. The highest BCUT2D eigenvalue weighted by Crippen LogP contribution is 2.21. The van der Waals surface area contributed by atoms with E-state index in [0.29, 0.717) is 37.8 Å². The van der Waals surface area contributed by atoms with Crippen LogP contribution in [0.1, 0.15) is 15.9 Å². The zero-order valence-corrected chi connectivity index (χ0v) is 13.9. The molecule has 6 nitrogen and oxygen atoms in total. The average Bonchev–Trinajstić information content (AvgIpc) is 2.78. The lowest BCUT2D eigenvalue weighted by molar-refractivity contribution is -0.122. The molecule has 0 aliphatic carbocycles. The summed E-state index contributed by atoms with van der Waals surface area (Å²) in [6.45, 7) is 5.19. The second kappa shape index (κ2) is 8.21. The second-order valence-electron chi connectivity index (χ2n) is 6.27. The molecular formula is C17H23FN2O4. The van der Waals surface area contributed by atoms with E-state index in [1.165, 1.54) is 12.1 Å². The van der Waals surface area contributed by atoms with Crippen LogP contribution in [0.3, 0.4) is 0 Å². The van der Waals surface area contributed by atoms with Crippen molar-refractivity contribution in [2.24, 2.45) is 5.92 Å². The first-order valence-corrected chi connectivity index (χ1v) is 7.87. The van der Waals surface area contributed by atoms with Gasteiger partial charge in [-0.05, 0) is 31.7 Å². The minimum absolute atomic E-state index is 0.0702. The van der Waals surface area contributed by atoms with E-state index in [4.69, 9.17) is 14.6 Å². The minimum Gasteiger partial charge on any atom is -0.483 e. The van der Waals surface area contributed by atoms with Crippen LogP contribution in [-0.4, -0.2) is 73.2 Å². The third kappa shape index (κ3) is 4.30. The smallest absolute Gasteiger partial charge is 0.290 e. The summed E-state index contributed by atoms with van der Waals surface area (Å²) in [5.41, 5.74) is 1.29. The number of ether oxygens (including phenoxy) is 1. The van der Waals surface area contributed by atoms with Crippen molar-refractivity contribution in [1.82, 2.24) is 9.80 Å². The van der Waals surface area contributed by atoms with Gasteiger partial charge in [0.25, 0.3) is 12.4 Å². The van der Waals surface area contributed by atoms with E-state index >= 15 is 0 Å². The van der Waals surface area contributed by atoms with E-state index in [1.807, 2.05) is 11.8 Å². The zero-order chi connectivity index (χ0) is 17.7. The van der Waals surface area contributed by atoms with Crippen molar-refractivity contribution in [2.75, 3.05) is 39.9 Å². The monoisotopic (exact) mass is 338 g/mol. The van der Waals surface area contributed by atoms with E-state index in [-0.39, 0.29) is 24.2 Å². The van der Waals surface area contributed by atoms with Crippen LogP contribution < -0.4 is 0 Å².